The third-order valence-corrected chi connectivity index (χ3v) is 4.12. The standard InChI is InChI=1S/C14H21N5O3/c1-8(2)13-17-11(18-22-13)5-15-14(21)19-6-9-3-4-10(7-19)16-12(9)20/h8-10H,3-7H2,1-2H3,(H,15,21)(H,16,20)/t9-,10+/m1/s1. The molecule has 3 aliphatic heterocycles. The number of hydrogen-bond acceptors (Lipinski definition) is 5. The summed E-state index contributed by atoms with van der Waals surface area (Å²) >= 11 is 0. The van der Waals surface area contributed by atoms with Crippen LogP contribution in [0.3, 0.4) is 0 Å². The van der Waals surface area contributed by atoms with Crippen molar-refractivity contribution in [3.63, 3.8) is 0 Å². The first kappa shape index (κ1) is 14.8. The SMILES string of the molecule is CC(C)c1nc(CNC(=O)N2C[C@@H]3CC[C@H](C2)C(=O)N3)no1. The van der Waals surface area contributed by atoms with Crippen LogP contribution >= 0.6 is 0 Å². The van der Waals surface area contributed by atoms with E-state index >= 15 is 0 Å². The molecule has 4 rings (SSSR count). The van der Waals surface area contributed by atoms with Gasteiger partial charge in [-0.15, -0.1) is 0 Å². The van der Waals surface area contributed by atoms with E-state index in [2.05, 4.69) is 20.8 Å². The largest absolute Gasteiger partial charge is 0.351 e. The molecule has 0 aliphatic carbocycles. The topological polar surface area (TPSA) is 100 Å². The molecule has 0 radical (unpaired) electrons. The highest BCUT2D eigenvalue weighted by atomic mass is 16.5. The van der Waals surface area contributed by atoms with Gasteiger partial charge in [0.2, 0.25) is 11.8 Å². The summed E-state index contributed by atoms with van der Waals surface area (Å²) in [5.74, 6) is 1.15. The van der Waals surface area contributed by atoms with Crippen molar-refractivity contribution in [3.05, 3.63) is 11.7 Å². The van der Waals surface area contributed by atoms with E-state index in [-0.39, 0.29) is 36.4 Å². The van der Waals surface area contributed by atoms with E-state index in [0.29, 0.717) is 24.8 Å². The Bertz CT molecular complexity index is 571. The van der Waals surface area contributed by atoms with Crippen LogP contribution in [0.15, 0.2) is 4.52 Å². The Morgan fingerprint density at radius 3 is 2.95 bits per heavy atom. The number of rotatable bonds is 3. The van der Waals surface area contributed by atoms with E-state index in [1.807, 2.05) is 13.8 Å². The molecular weight excluding hydrogens is 286 g/mol. The normalized spacial score (nSPS) is 24.3. The van der Waals surface area contributed by atoms with Gasteiger partial charge in [0, 0.05) is 25.0 Å². The van der Waals surface area contributed by atoms with Gasteiger partial charge in [-0.2, -0.15) is 4.98 Å². The molecule has 1 aromatic heterocycles. The summed E-state index contributed by atoms with van der Waals surface area (Å²) in [6.45, 7) is 5.18. The first-order valence-corrected chi connectivity index (χ1v) is 7.68. The first-order valence-electron chi connectivity index (χ1n) is 7.68. The second kappa shape index (κ2) is 5.94. The second-order valence-corrected chi connectivity index (χ2v) is 6.25. The molecule has 8 heteroatoms. The van der Waals surface area contributed by atoms with Gasteiger partial charge in [-0.3, -0.25) is 4.79 Å². The number of amides is 3. The Labute approximate surface area is 128 Å². The zero-order valence-corrected chi connectivity index (χ0v) is 12.8. The van der Waals surface area contributed by atoms with Crippen LogP contribution in [0.5, 0.6) is 0 Å². The number of hydrogen-bond donors (Lipinski definition) is 2. The quantitative estimate of drug-likeness (QED) is 0.852. The number of carbonyl (C=O) groups is 2. The molecule has 4 heterocycles. The average molecular weight is 307 g/mol. The molecule has 2 atom stereocenters. The fourth-order valence-electron chi connectivity index (χ4n) is 2.85. The lowest BCUT2D eigenvalue weighted by Crippen LogP contribution is -2.45. The minimum Gasteiger partial charge on any atom is -0.351 e. The van der Waals surface area contributed by atoms with Crippen LogP contribution in [0.4, 0.5) is 4.79 Å². The Hall–Kier alpha value is -2.12. The zero-order valence-electron chi connectivity index (χ0n) is 12.8. The van der Waals surface area contributed by atoms with Gasteiger partial charge in [-0.1, -0.05) is 19.0 Å². The second-order valence-electron chi connectivity index (χ2n) is 6.25. The number of nitrogens with zero attached hydrogens (tertiary/aromatic N) is 3. The van der Waals surface area contributed by atoms with E-state index in [9.17, 15) is 9.59 Å². The number of urea groups is 1. The van der Waals surface area contributed by atoms with Crippen LogP contribution in [0, 0.1) is 5.92 Å². The van der Waals surface area contributed by atoms with Gasteiger partial charge >= 0.3 is 6.03 Å². The van der Waals surface area contributed by atoms with Gasteiger partial charge < -0.3 is 20.1 Å². The predicted molar refractivity (Wildman–Crippen MR) is 76.9 cm³/mol. The lowest BCUT2D eigenvalue weighted by molar-refractivity contribution is -0.126. The van der Waals surface area contributed by atoms with Gasteiger partial charge in [0.15, 0.2) is 5.82 Å². The van der Waals surface area contributed by atoms with Gasteiger partial charge in [-0.05, 0) is 12.8 Å². The number of carbonyl (C=O) groups excluding carboxylic acids is 2. The minimum atomic E-state index is -0.190. The van der Waals surface area contributed by atoms with Crippen molar-refractivity contribution in [2.24, 2.45) is 5.92 Å². The third-order valence-electron chi connectivity index (χ3n) is 4.12. The summed E-state index contributed by atoms with van der Waals surface area (Å²) in [5.41, 5.74) is 0. The van der Waals surface area contributed by atoms with E-state index in [4.69, 9.17) is 4.52 Å². The highest BCUT2D eigenvalue weighted by molar-refractivity contribution is 5.82. The predicted octanol–water partition coefficient (Wildman–Crippen LogP) is 0.613. The molecule has 1 aromatic rings. The lowest BCUT2D eigenvalue weighted by Gasteiger charge is -2.22. The molecule has 120 valence electrons. The molecule has 2 bridgehead atoms. The molecule has 3 aliphatic rings. The van der Waals surface area contributed by atoms with Crippen molar-refractivity contribution in [1.29, 1.82) is 0 Å². The van der Waals surface area contributed by atoms with Gasteiger partial charge in [0.25, 0.3) is 0 Å². The van der Waals surface area contributed by atoms with E-state index < -0.39 is 0 Å². The average Bonchev–Trinajstić information content (AvgIpc) is 2.79. The molecule has 0 aromatic carbocycles. The number of fused-ring (bicyclic) bond motifs is 4. The van der Waals surface area contributed by atoms with Gasteiger partial charge in [-0.25, -0.2) is 4.79 Å². The molecule has 2 N–H and O–H groups in total. The van der Waals surface area contributed by atoms with Crippen LogP contribution in [-0.4, -0.2) is 46.1 Å². The van der Waals surface area contributed by atoms with E-state index in [1.54, 1.807) is 4.90 Å². The molecule has 0 unspecified atom stereocenters. The Morgan fingerprint density at radius 2 is 2.27 bits per heavy atom. The van der Waals surface area contributed by atoms with Crippen molar-refractivity contribution in [1.82, 2.24) is 25.7 Å². The summed E-state index contributed by atoms with van der Waals surface area (Å²) in [6.07, 6.45) is 1.78. The summed E-state index contributed by atoms with van der Waals surface area (Å²) in [6, 6.07) is -0.126. The van der Waals surface area contributed by atoms with Gasteiger partial charge in [0.1, 0.15) is 0 Å². The van der Waals surface area contributed by atoms with E-state index in [0.717, 1.165) is 12.8 Å². The zero-order chi connectivity index (χ0) is 15.7. The Morgan fingerprint density at radius 1 is 1.45 bits per heavy atom. The van der Waals surface area contributed by atoms with Crippen LogP contribution in [-0.2, 0) is 11.3 Å². The summed E-state index contributed by atoms with van der Waals surface area (Å²) in [4.78, 5) is 30.0. The van der Waals surface area contributed by atoms with Crippen molar-refractivity contribution in [3.8, 4) is 0 Å². The maximum atomic E-state index is 12.3. The molecule has 3 saturated heterocycles. The third kappa shape index (κ3) is 3.05. The molecule has 3 amide bonds. The first-order chi connectivity index (χ1) is 10.5. The van der Waals surface area contributed by atoms with Crippen LogP contribution in [0.2, 0.25) is 0 Å². The highest BCUT2D eigenvalue weighted by Gasteiger charge is 2.36. The van der Waals surface area contributed by atoms with Crippen LogP contribution < -0.4 is 10.6 Å². The Kier molecular flexibility index (Phi) is 4.00. The summed E-state index contributed by atoms with van der Waals surface area (Å²) in [5, 5.41) is 9.59. The summed E-state index contributed by atoms with van der Waals surface area (Å²) in [7, 11) is 0. The maximum absolute atomic E-state index is 12.3. The lowest BCUT2D eigenvalue weighted by atomic mass is 9.96. The summed E-state index contributed by atoms with van der Waals surface area (Å²) < 4.78 is 5.10. The molecule has 8 nitrogen and oxygen atoms in total. The highest BCUT2D eigenvalue weighted by Crippen LogP contribution is 2.22. The molecular formula is C14H21N5O3. The Balaban J connectivity index is 1.56. The fraction of sp³-hybridized carbons (Fsp3) is 0.714. The number of nitrogens with one attached hydrogen (secondary N) is 2. The molecule has 0 spiro atoms. The number of piperidine rings is 1. The molecule has 22 heavy (non-hydrogen) atoms. The van der Waals surface area contributed by atoms with Crippen molar-refractivity contribution in [2.45, 2.75) is 45.2 Å². The fourth-order valence-corrected chi connectivity index (χ4v) is 2.85. The molecule has 3 fully saturated rings. The van der Waals surface area contributed by atoms with Crippen molar-refractivity contribution >= 4 is 11.9 Å². The monoisotopic (exact) mass is 307 g/mol. The molecule has 0 saturated carbocycles. The smallest absolute Gasteiger partial charge is 0.317 e. The van der Waals surface area contributed by atoms with E-state index in [1.165, 1.54) is 0 Å². The van der Waals surface area contributed by atoms with Crippen LogP contribution in [0.1, 0.15) is 44.3 Å². The van der Waals surface area contributed by atoms with Crippen molar-refractivity contribution < 1.29 is 14.1 Å². The minimum absolute atomic E-state index is 0.0614. The van der Waals surface area contributed by atoms with Crippen molar-refractivity contribution in [2.75, 3.05) is 13.1 Å². The number of aromatic nitrogens is 2. The maximum Gasteiger partial charge on any atom is 0.317 e. The van der Waals surface area contributed by atoms with Crippen LogP contribution in [0.25, 0.3) is 0 Å². The van der Waals surface area contributed by atoms with Gasteiger partial charge in [0.05, 0.1) is 12.5 Å².